The van der Waals surface area contributed by atoms with Crippen molar-refractivity contribution in [3.63, 3.8) is 0 Å². The van der Waals surface area contributed by atoms with Crippen LogP contribution >= 0.6 is 34.4 Å². The first-order chi connectivity index (χ1) is 18.8. The van der Waals surface area contributed by atoms with Gasteiger partial charge < -0.3 is 4.74 Å². The molecule has 0 atom stereocenters. The minimum absolute atomic E-state index is 0.965. The molecule has 1 nitrogen and oxygen atoms in total. The minimum atomic E-state index is 0.965. The maximum absolute atomic E-state index is 6.63. The summed E-state index contributed by atoms with van der Waals surface area (Å²) in [5, 5.41) is 4.83. The number of benzene rings is 5. The predicted molar refractivity (Wildman–Crippen MR) is 163 cm³/mol. The summed E-state index contributed by atoms with van der Waals surface area (Å²) < 4.78 is 7.89. The van der Waals surface area contributed by atoms with Gasteiger partial charge in [-0.25, -0.2) is 0 Å². The summed E-state index contributed by atoms with van der Waals surface area (Å²) in [5.41, 5.74) is 7.58. The molecule has 0 fully saturated rings. The lowest BCUT2D eigenvalue weighted by molar-refractivity contribution is 0.501. The second-order valence-electron chi connectivity index (χ2n) is 9.69. The van der Waals surface area contributed by atoms with Crippen LogP contribution in [0.2, 0.25) is 0 Å². The summed E-state index contributed by atoms with van der Waals surface area (Å²) in [6, 6.07) is 39.5. The molecular formula is C34H18OS3. The van der Waals surface area contributed by atoms with E-state index < -0.39 is 0 Å². The van der Waals surface area contributed by atoms with Crippen molar-refractivity contribution >= 4 is 55.3 Å². The third-order valence-corrected chi connectivity index (χ3v) is 11.0. The molecule has 2 aromatic heterocycles. The van der Waals surface area contributed by atoms with Crippen LogP contribution in [0, 0.1) is 0 Å². The zero-order valence-electron chi connectivity index (χ0n) is 20.0. The van der Waals surface area contributed by atoms with Gasteiger partial charge in [-0.3, -0.25) is 0 Å². The molecule has 0 spiro atoms. The number of hydrogen-bond acceptors (Lipinski definition) is 4. The average Bonchev–Trinajstić information content (AvgIpc) is 3.57. The van der Waals surface area contributed by atoms with Crippen molar-refractivity contribution in [2.24, 2.45) is 0 Å². The van der Waals surface area contributed by atoms with Gasteiger partial charge in [-0.05, 0) is 52.6 Å². The summed E-state index contributed by atoms with van der Waals surface area (Å²) in [6.45, 7) is 0. The van der Waals surface area contributed by atoms with E-state index in [0.717, 1.165) is 10.8 Å². The highest BCUT2D eigenvalue weighted by Crippen LogP contribution is 2.60. The van der Waals surface area contributed by atoms with Gasteiger partial charge in [0.2, 0.25) is 0 Å². The molecule has 38 heavy (non-hydrogen) atoms. The Hall–Kier alpha value is -3.83. The number of rotatable bonds is 2. The highest BCUT2D eigenvalue weighted by atomic mass is 32.2. The Morgan fingerprint density at radius 3 is 2.18 bits per heavy atom. The maximum atomic E-state index is 6.63. The van der Waals surface area contributed by atoms with Crippen molar-refractivity contribution in [2.75, 3.05) is 0 Å². The van der Waals surface area contributed by atoms with Crippen LogP contribution in [0.5, 0.6) is 10.8 Å². The van der Waals surface area contributed by atoms with Gasteiger partial charge in [0.25, 0.3) is 0 Å². The number of thiophene rings is 2. The minimum Gasteiger partial charge on any atom is -0.445 e. The van der Waals surface area contributed by atoms with Gasteiger partial charge >= 0.3 is 0 Å². The van der Waals surface area contributed by atoms with Gasteiger partial charge in [0.1, 0.15) is 5.75 Å². The fraction of sp³-hybridized carbons (Fsp3) is 0. The van der Waals surface area contributed by atoms with E-state index >= 15 is 0 Å². The lowest BCUT2D eigenvalue weighted by Crippen LogP contribution is -1.98. The Balaban J connectivity index is 1.25. The predicted octanol–water partition coefficient (Wildman–Crippen LogP) is 11.4. The monoisotopic (exact) mass is 538 g/mol. The first-order valence-electron chi connectivity index (χ1n) is 12.6. The molecule has 0 bridgehead atoms. The second-order valence-corrected chi connectivity index (χ2v) is 12.8. The average molecular weight is 539 g/mol. The van der Waals surface area contributed by atoms with Crippen LogP contribution in [0.3, 0.4) is 0 Å². The lowest BCUT2D eigenvalue weighted by Gasteiger charge is -2.24. The smallest absolute Gasteiger partial charge is 0.190 e. The molecule has 2 aliphatic rings. The Kier molecular flexibility index (Phi) is 4.36. The Bertz CT molecular complexity index is 2070. The molecule has 0 N–H and O–H groups in total. The lowest BCUT2D eigenvalue weighted by atomic mass is 9.92. The molecule has 0 amide bonds. The van der Waals surface area contributed by atoms with E-state index in [1.165, 1.54) is 73.8 Å². The molecule has 2 aliphatic heterocycles. The molecule has 4 heteroatoms. The first kappa shape index (κ1) is 21.1. The van der Waals surface area contributed by atoms with Crippen molar-refractivity contribution in [2.45, 2.75) is 9.79 Å². The standard InChI is InChI=1S/C34H18OS3/c1-3-7-19(8-4-1)21-11-12-22-28(17-21)38-34-30(22)23-14-16-26-32-24(13-15-25(35-34)31(23)32)33-29(36-26)18-27(37-33)20-9-5-2-6-10-20/h1-18H. The third-order valence-electron chi connectivity index (χ3n) is 7.54. The van der Waals surface area contributed by atoms with E-state index in [9.17, 15) is 0 Å². The largest absolute Gasteiger partial charge is 0.445 e. The van der Waals surface area contributed by atoms with Crippen molar-refractivity contribution in [3.05, 3.63) is 109 Å². The molecule has 0 saturated carbocycles. The zero-order chi connectivity index (χ0) is 24.8. The van der Waals surface area contributed by atoms with Crippen molar-refractivity contribution in [1.82, 2.24) is 0 Å². The van der Waals surface area contributed by atoms with Crippen LogP contribution in [-0.4, -0.2) is 0 Å². The highest BCUT2D eigenvalue weighted by Gasteiger charge is 2.30. The number of hydrogen-bond donors (Lipinski definition) is 0. The van der Waals surface area contributed by atoms with Crippen LogP contribution in [-0.2, 0) is 0 Å². The molecule has 7 aromatic rings. The van der Waals surface area contributed by atoms with Gasteiger partial charge in [-0.2, -0.15) is 0 Å². The van der Waals surface area contributed by atoms with Gasteiger partial charge in [-0.1, -0.05) is 102 Å². The van der Waals surface area contributed by atoms with Gasteiger partial charge in [0.15, 0.2) is 5.06 Å². The van der Waals surface area contributed by atoms with E-state index in [1.54, 1.807) is 11.3 Å². The van der Waals surface area contributed by atoms with Gasteiger partial charge in [-0.15, -0.1) is 11.3 Å². The van der Waals surface area contributed by atoms with E-state index in [1.807, 2.05) is 23.1 Å². The number of fused-ring (bicyclic) bond motifs is 6. The van der Waals surface area contributed by atoms with Crippen molar-refractivity contribution in [3.8, 4) is 53.9 Å². The maximum Gasteiger partial charge on any atom is 0.190 e. The fourth-order valence-corrected chi connectivity index (χ4v) is 9.41. The molecule has 0 unspecified atom stereocenters. The second kappa shape index (κ2) is 7.84. The van der Waals surface area contributed by atoms with Crippen LogP contribution in [0.15, 0.2) is 119 Å². The van der Waals surface area contributed by atoms with E-state index in [0.29, 0.717) is 0 Å². The molecule has 0 radical (unpaired) electrons. The van der Waals surface area contributed by atoms with Crippen molar-refractivity contribution in [1.29, 1.82) is 0 Å². The van der Waals surface area contributed by atoms with Crippen LogP contribution in [0.25, 0.3) is 64.0 Å². The Labute approximate surface area is 232 Å². The van der Waals surface area contributed by atoms with Crippen LogP contribution in [0.1, 0.15) is 0 Å². The van der Waals surface area contributed by atoms with Crippen molar-refractivity contribution < 1.29 is 4.74 Å². The van der Waals surface area contributed by atoms with Crippen LogP contribution < -0.4 is 4.74 Å². The third kappa shape index (κ3) is 2.94. The van der Waals surface area contributed by atoms with Gasteiger partial charge in [0, 0.05) is 51.5 Å². The van der Waals surface area contributed by atoms with E-state index in [2.05, 4.69) is 109 Å². The first-order valence-corrected chi connectivity index (χ1v) is 15.0. The molecule has 9 rings (SSSR count). The normalized spacial score (nSPS) is 12.8. The van der Waals surface area contributed by atoms with Gasteiger partial charge in [0.05, 0.1) is 0 Å². The summed E-state index contributed by atoms with van der Waals surface area (Å²) in [4.78, 5) is 5.33. The number of ether oxygens (including phenoxy) is 1. The summed E-state index contributed by atoms with van der Waals surface area (Å²) in [7, 11) is 0. The van der Waals surface area contributed by atoms with E-state index in [-0.39, 0.29) is 0 Å². The SMILES string of the molecule is c1ccc(-c2ccc3c4c(sc3c2)Oc2ccc3c5c(ccc-4c25)Sc2cc(-c4ccccc4)sc2-3)cc1. The quantitative estimate of drug-likeness (QED) is 0.216. The molecule has 0 aliphatic carbocycles. The topological polar surface area (TPSA) is 9.23 Å². The fourth-order valence-electron chi connectivity index (χ4n) is 5.81. The molecule has 4 heterocycles. The summed E-state index contributed by atoms with van der Waals surface area (Å²) in [5.74, 6) is 0.965. The van der Waals surface area contributed by atoms with E-state index in [4.69, 9.17) is 4.74 Å². The highest BCUT2D eigenvalue weighted by molar-refractivity contribution is 8.00. The molecule has 5 aromatic carbocycles. The molecular weight excluding hydrogens is 521 g/mol. The Morgan fingerprint density at radius 1 is 0.553 bits per heavy atom. The summed E-state index contributed by atoms with van der Waals surface area (Å²) in [6.07, 6.45) is 0. The van der Waals surface area contributed by atoms with Crippen LogP contribution in [0.4, 0.5) is 0 Å². The Morgan fingerprint density at radius 2 is 1.34 bits per heavy atom. The molecule has 0 saturated heterocycles. The zero-order valence-corrected chi connectivity index (χ0v) is 22.5. The molecule has 178 valence electrons. The summed E-state index contributed by atoms with van der Waals surface area (Å²) >= 11 is 5.53.